The van der Waals surface area contributed by atoms with Crippen LogP contribution < -0.4 is 20.9 Å². The van der Waals surface area contributed by atoms with Gasteiger partial charge in [-0.1, -0.05) is 48.5 Å². The number of nitrogens with one attached hydrogen (secondary N) is 2. The Bertz CT molecular complexity index is 1530. The van der Waals surface area contributed by atoms with Gasteiger partial charge in [0, 0.05) is 6.42 Å². The van der Waals surface area contributed by atoms with E-state index >= 15 is 0 Å². The fourth-order valence-corrected chi connectivity index (χ4v) is 5.92. The van der Waals surface area contributed by atoms with Crippen LogP contribution in [0.25, 0.3) is 0 Å². The van der Waals surface area contributed by atoms with E-state index in [1.807, 2.05) is 11.1 Å². The summed E-state index contributed by atoms with van der Waals surface area (Å²) < 4.78 is 51.2. The zero-order chi connectivity index (χ0) is 29.8. The van der Waals surface area contributed by atoms with Gasteiger partial charge in [0.25, 0.3) is 5.56 Å². The van der Waals surface area contributed by atoms with Crippen molar-refractivity contribution < 1.29 is 37.4 Å². The second-order valence-corrected chi connectivity index (χ2v) is 11.9. The molecule has 4 rings (SSSR count). The lowest BCUT2D eigenvalue weighted by Gasteiger charge is -2.30. The van der Waals surface area contributed by atoms with Gasteiger partial charge in [-0.25, -0.2) is 9.36 Å². The minimum atomic E-state index is -4.35. The number of aliphatic hydroxyl groups excluding tert-OH is 1. The number of hydrogen-bond acceptors (Lipinski definition) is 9. The molecule has 2 unspecified atom stereocenters. The van der Waals surface area contributed by atoms with Gasteiger partial charge >= 0.3 is 19.4 Å². The number of rotatable bonds is 11. The Morgan fingerprint density at radius 3 is 2.49 bits per heavy atom. The molecule has 14 heteroatoms. The number of halogens is 1. The van der Waals surface area contributed by atoms with Crippen LogP contribution in [0.1, 0.15) is 32.8 Å². The number of H-pyrrole nitrogens is 1. The second-order valence-electron chi connectivity index (χ2n) is 10.2. The predicted molar refractivity (Wildman–Crippen MR) is 145 cm³/mol. The summed E-state index contributed by atoms with van der Waals surface area (Å²) in [6.07, 6.45) is -1.88. The van der Waals surface area contributed by atoms with Crippen molar-refractivity contribution in [3.8, 4) is 5.75 Å². The van der Waals surface area contributed by atoms with Crippen molar-refractivity contribution in [3.63, 3.8) is 0 Å². The van der Waals surface area contributed by atoms with Gasteiger partial charge in [0.05, 0.1) is 18.9 Å². The van der Waals surface area contributed by atoms with Gasteiger partial charge in [-0.15, -0.1) is 0 Å². The van der Waals surface area contributed by atoms with Crippen LogP contribution in [0.3, 0.4) is 0 Å². The number of hydrogen-bond donors (Lipinski definition) is 3. The number of aromatic amines is 1. The standard InChI is InChI=1S/C27H31FN3O9P/c1-26(2,24(34)37-16-18-10-6-4-7-11-18)30-41(36,40-19-12-8-5-9-13-19)38-17-22-21(32)14-27(3,39-22)31-15-20(28)23(33)29-25(31)35/h4-13,15,21-22,32H,14,16-17H2,1-3H3,(H,30,36)(H,29,33,35)/t21?,22-,27-,41?/m1/s1. The minimum Gasteiger partial charge on any atom is -0.459 e. The third-order valence-electron chi connectivity index (χ3n) is 6.35. The Morgan fingerprint density at radius 2 is 1.83 bits per heavy atom. The molecule has 1 aliphatic heterocycles. The molecule has 0 spiro atoms. The lowest BCUT2D eigenvalue weighted by molar-refractivity contribution is -0.151. The molecule has 41 heavy (non-hydrogen) atoms. The molecule has 1 aromatic heterocycles. The van der Waals surface area contributed by atoms with Gasteiger partial charge in [0.1, 0.15) is 29.7 Å². The highest BCUT2D eigenvalue weighted by Gasteiger charge is 2.47. The van der Waals surface area contributed by atoms with Crippen LogP contribution >= 0.6 is 7.75 Å². The summed E-state index contributed by atoms with van der Waals surface area (Å²) in [4.78, 5) is 38.5. The first kappa shape index (κ1) is 30.4. The molecule has 220 valence electrons. The molecule has 1 fully saturated rings. The minimum absolute atomic E-state index is 0.0130. The molecule has 0 saturated carbocycles. The summed E-state index contributed by atoms with van der Waals surface area (Å²) in [6, 6.07) is 17.1. The summed E-state index contributed by atoms with van der Waals surface area (Å²) in [5.41, 5.74) is -4.49. The number of ether oxygens (including phenoxy) is 2. The quantitative estimate of drug-likeness (QED) is 0.224. The number of aliphatic hydroxyl groups is 1. The zero-order valence-corrected chi connectivity index (χ0v) is 23.5. The van der Waals surface area contributed by atoms with Crippen LogP contribution in [0.4, 0.5) is 4.39 Å². The zero-order valence-electron chi connectivity index (χ0n) is 22.6. The van der Waals surface area contributed by atoms with Crippen LogP contribution in [-0.2, 0) is 35.7 Å². The average Bonchev–Trinajstić information content (AvgIpc) is 3.22. The molecule has 3 aromatic rings. The molecule has 12 nitrogen and oxygen atoms in total. The number of carbonyl (C=O) groups excluding carboxylic acids is 1. The number of esters is 1. The van der Waals surface area contributed by atoms with Crippen LogP contribution in [0.2, 0.25) is 0 Å². The van der Waals surface area contributed by atoms with Crippen molar-refractivity contribution in [2.24, 2.45) is 0 Å². The predicted octanol–water partition coefficient (Wildman–Crippen LogP) is 2.81. The molecule has 0 radical (unpaired) electrons. The largest absolute Gasteiger partial charge is 0.459 e. The number of benzene rings is 2. The lowest BCUT2D eigenvalue weighted by atomic mass is 10.1. The molecule has 1 aliphatic rings. The topological polar surface area (TPSA) is 158 Å². The van der Waals surface area contributed by atoms with Gasteiger partial charge in [0.2, 0.25) is 5.82 Å². The maximum absolute atomic E-state index is 14.0. The van der Waals surface area contributed by atoms with Crippen LogP contribution in [0.5, 0.6) is 5.75 Å². The van der Waals surface area contributed by atoms with Crippen molar-refractivity contribution in [1.82, 2.24) is 14.6 Å². The van der Waals surface area contributed by atoms with Gasteiger partial charge in [-0.2, -0.15) is 9.48 Å². The Kier molecular flexibility index (Phi) is 8.95. The third-order valence-corrected chi connectivity index (χ3v) is 8.12. The number of para-hydroxylation sites is 1. The van der Waals surface area contributed by atoms with E-state index in [2.05, 4.69) is 5.09 Å². The summed E-state index contributed by atoms with van der Waals surface area (Å²) >= 11 is 0. The fraction of sp³-hybridized carbons (Fsp3) is 0.370. The first-order valence-corrected chi connectivity index (χ1v) is 14.2. The Balaban J connectivity index is 1.50. The van der Waals surface area contributed by atoms with E-state index in [0.717, 1.165) is 10.1 Å². The van der Waals surface area contributed by atoms with Gasteiger partial charge < -0.3 is 19.1 Å². The summed E-state index contributed by atoms with van der Waals surface area (Å²) in [7, 11) is -4.35. The third kappa shape index (κ3) is 7.38. The van der Waals surface area contributed by atoms with Crippen molar-refractivity contribution in [1.29, 1.82) is 0 Å². The highest BCUT2D eigenvalue weighted by molar-refractivity contribution is 7.52. The smallest absolute Gasteiger partial charge is 0.459 e. The lowest BCUT2D eigenvalue weighted by Crippen LogP contribution is -2.47. The average molecular weight is 592 g/mol. The summed E-state index contributed by atoms with van der Waals surface area (Å²) in [5.74, 6) is -1.77. The highest BCUT2D eigenvalue weighted by atomic mass is 31.2. The van der Waals surface area contributed by atoms with Gasteiger partial charge in [-0.3, -0.25) is 23.7 Å². The first-order valence-electron chi connectivity index (χ1n) is 12.7. The van der Waals surface area contributed by atoms with E-state index in [0.29, 0.717) is 6.20 Å². The number of nitrogens with zero attached hydrogens (tertiary/aromatic N) is 1. The molecule has 0 amide bonds. The van der Waals surface area contributed by atoms with Crippen molar-refractivity contribution in [3.05, 3.63) is 99.1 Å². The van der Waals surface area contributed by atoms with Crippen LogP contribution in [0.15, 0.2) is 76.4 Å². The molecule has 1 saturated heterocycles. The van der Waals surface area contributed by atoms with Gasteiger partial charge in [-0.05, 0) is 38.5 Å². The molecule has 2 aromatic carbocycles. The summed E-state index contributed by atoms with van der Waals surface area (Å²) in [5, 5.41) is 13.3. The number of aromatic nitrogens is 2. The van der Waals surface area contributed by atoms with Crippen molar-refractivity contribution in [2.45, 2.75) is 57.3 Å². The fourth-order valence-electron chi connectivity index (χ4n) is 4.24. The Hall–Kier alpha value is -3.61. The van der Waals surface area contributed by atoms with Crippen LogP contribution in [-0.4, -0.2) is 45.0 Å². The molecular weight excluding hydrogens is 560 g/mol. The molecule has 0 bridgehead atoms. The highest BCUT2D eigenvalue weighted by Crippen LogP contribution is 2.47. The first-order chi connectivity index (χ1) is 19.3. The SMILES string of the molecule is CC(C)(NP(=O)(OC[C@H]1O[C@@](C)(n2cc(F)c(=O)[nH]c2=O)CC1O)Oc1ccccc1)C(=O)OCc1ccccc1. The van der Waals surface area contributed by atoms with E-state index in [9.17, 15) is 28.4 Å². The summed E-state index contributed by atoms with van der Waals surface area (Å²) in [6.45, 7) is 3.78. The monoisotopic (exact) mass is 591 g/mol. The number of carbonyl (C=O) groups is 1. The van der Waals surface area contributed by atoms with E-state index < -0.39 is 60.9 Å². The molecule has 0 aliphatic carbocycles. The maximum atomic E-state index is 14.0. The molecular formula is C27H31FN3O9P. The van der Waals surface area contributed by atoms with Gasteiger partial charge in [0.15, 0.2) is 0 Å². The Morgan fingerprint density at radius 1 is 1.20 bits per heavy atom. The van der Waals surface area contributed by atoms with Crippen molar-refractivity contribution >= 4 is 13.7 Å². The molecule has 4 atom stereocenters. The second kappa shape index (κ2) is 12.1. The van der Waals surface area contributed by atoms with Crippen molar-refractivity contribution in [2.75, 3.05) is 6.61 Å². The van der Waals surface area contributed by atoms with E-state index in [-0.39, 0.29) is 18.8 Å². The molecule has 3 N–H and O–H groups in total. The van der Waals surface area contributed by atoms with E-state index in [1.54, 1.807) is 42.5 Å². The maximum Gasteiger partial charge on any atom is 0.459 e. The van der Waals surface area contributed by atoms with E-state index in [4.69, 9.17) is 18.5 Å². The normalized spacial score (nSPS) is 22.2. The van der Waals surface area contributed by atoms with Crippen LogP contribution in [0, 0.1) is 5.82 Å². The Labute approximate surface area is 234 Å². The van der Waals surface area contributed by atoms with E-state index in [1.165, 1.54) is 32.9 Å². The molecule has 2 heterocycles.